The summed E-state index contributed by atoms with van der Waals surface area (Å²) < 4.78 is 0. The maximum Gasteiger partial charge on any atom is 0.180 e. The zero-order chi connectivity index (χ0) is 12.3. The van der Waals surface area contributed by atoms with Gasteiger partial charge in [-0.05, 0) is 24.6 Å². The second-order valence-electron chi connectivity index (χ2n) is 4.05. The molecule has 1 aromatic rings. The normalized spacial score (nSPS) is 15.6. The topological polar surface area (TPSA) is 29.1 Å². The Bertz CT molecular complexity index is 422. The number of benzene rings is 1. The van der Waals surface area contributed by atoms with Crippen molar-refractivity contribution < 1.29 is 4.79 Å². The smallest absolute Gasteiger partial charge is 0.180 e. The van der Waals surface area contributed by atoms with Crippen LogP contribution in [0.15, 0.2) is 23.1 Å². The number of alkyl halides is 1. The Morgan fingerprint density at radius 1 is 1.59 bits per heavy atom. The van der Waals surface area contributed by atoms with E-state index < -0.39 is 0 Å². The summed E-state index contributed by atoms with van der Waals surface area (Å²) in [6.07, 6.45) is 1.11. The highest BCUT2D eigenvalue weighted by Crippen LogP contribution is 2.32. The molecule has 1 N–H and O–H groups in total. The molecule has 0 bridgehead atoms. The number of rotatable bonds is 5. The van der Waals surface area contributed by atoms with Gasteiger partial charge in [0.2, 0.25) is 0 Å². The minimum Gasteiger partial charge on any atom is -0.306 e. The van der Waals surface area contributed by atoms with Gasteiger partial charge in [0.05, 0.1) is 6.04 Å². The summed E-state index contributed by atoms with van der Waals surface area (Å²) in [5.74, 6) is 1.54. The van der Waals surface area contributed by atoms with Crippen LogP contribution in [0.4, 0.5) is 0 Å². The molecule has 0 radical (unpaired) electrons. The van der Waals surface area contributed by atoms with E-state index in [1.54, 1.807) is 0 Å². The average Bonchev–Trinajstić information content (AvgIpc) is 2.82. The molecule has 0 amide bonds. The maximum absolute atomic E-state index is 12.2. The van der Waals surface area contributed by atoms with Crippen LogP contribution in [0.25, 0.3) is 0 Å². The van der Waals surface area contributed by atoms with Gasteiger partial charge in [0.15, 0.2) is 5.78 Å². The monoisotopic (exact) mass is 269 g/mol. The van der Waals surface area contributed by atoms with E-state index in [0.717, 1.165) is 24.3 Å². The van der Waals surface area contributed by atoms with Crippen molar-refractivity contribution in [2.45, 2.75) is 24.3 Å². The van der Waals surface area contributed by atoms with Gasteiger partial charge >= 0.3 is 0 Å². The first-order chi connectivity index (χ1) is 8.26. The summed E-state index contributed by atoms with van der Waals surface area (Å²) in [7, 11) is 0. The summed E-state index contributed by atoms with van der Waals surface area (Å²) in [6, 6.07) is 5.72. The Balaban J connectivity index is 2.19. The molecule has 0 fully saturated rings. The molecule has 0 spiro atoms. The van der Waals surface area contributed by atoms with Crippen LogP contribution in [-0.2, 0) is 6.42 Å². The molecule has 1 unspecified atom stereocenters. The summed E-state index contributed by atoms with van der Waals surface area (Å²) in [5.41, 5.74) is 2.13. The number of ketones is 1. The van der Waals surface area contributed by atoms with E-state index in [4.69, 9.17) is 11.6 Å². The Labute approximate surface area is 111 Å². The molecule has 0 aromatic heterocycles. The number of carbonyl (C=O) groups is 1. The number of hydrogen-bond acceptors (Lipinski definition) is 3. The van der Waals surface area contributed by atoms with E-state index in [9.17, 15) is 4.79 Å². The molecular formula is C13H16ClNOS. The van der Waals surface area contributed by atoms with Crippen LogP contribution in [0.2, 0.25) is 0 Å². The highest BCUT2D eigenvalue weighted by Gasteiger charge is 2.20. The highest BCUT2D eigenvalue weighted by molar-refractivity contribution is 7.99. The molecular weight excluding hydrogens is 254 g/mol. The number of thioether (sulfide) groups is 1. The third-order valence-corrected chi connectivity index (χ3v) is 4.31. The van der Waals surface area contributed by atoms with Crippen molar-refractivity contribution >= 4 is 29.1 Å². The lowest BCUT2D eigenvalue weighted by Gasteiger charge is -2.14. The molecule has 2 nitrogen and oxygen atoms in total. The average molecular weight is 270 g/mol. The SMILES string of the molecule is CCNC(CCl)C(=O)c1ccc2c(c1)SCC2. The fraction of sp³-hybridized carbons (Fsp3) is 0.462. The number of likely N-dealkylation sites (N-methyl/N-ethyl adjacent to an activating group) is 1. The molecule has 17 heavy (non-hydrogen) atoms. The van der Waals surface area contributed by atoms with Crippen LogP contribution in [0.3, 0.4) is 0 Å². The summed E-state index contributed by atoms with van der Waals surface area (Å²) in [5, 5.41) is 3.11. The molecule has 1 atom stereocenters. The van der Waals surface area contributed by atoms with Crippen molar-refractivity contribution in [2.75, 3.05) is 18.2 Å². The van der Waals surface area contributed by atoms with Gasteiger partial charge < -0.3 is 5.32 Å². The van der Waals surface area contributed by atoms with Crippen molar-refractivity contribution in [3.63, 3.8) is 0 Å². The van der Waals surface area contributed by atoms with Gasteiger partial charge in [-0.2, -0.15) is 0 Å². The molecule has 1 aliphatic heterocycles. The Kier molecular flexibility index (Phi) is 4.48. The van der Waals surface area contributed by atoms with Gasteiger partial charge in [0.25, 0.3) is 0 Å². The fourth-order valence-corrected chi connectivity index (χ4v) is 3.34. The molecule has 0 saturated carbocycles. The minimum atomic E-state index is -0.272. The first-order valence-corrected chi connectivity index (χ1v) is 7.37. The second-order valence-corrected chi connectivity index (χ2v) is 5.50. The lowest BCUT2D eigenvalue weighted by Crippen LogP contribution is -2.38. The van der Waals surface area contributed by atoms with E-state index in [2.05, 4.69) is 11.4 Å². The number of Topliss-reactive ketones (excluding diaryl/α,β-unsaturated/α-hetero) is 1. The number of fused-ring (bicyclic) bond motifs is 1. The van der Waals surface area contributed by atoms with Crippen molar-refractivity contribution in [2.24, 2.45) is 0 Å². The van der Waals surface area contributed by atoms with E-state index in [1.165, 1.54) is 10.5 Å². The quantitative estimate of drug-likeness (QED) is 0.658. The largest absolute Gasteiger partial charge is 0.306 e. The number of hydrogen-bond donors (Lipinski definition) is 1. The van der Waals surface area contributed by atoms with E-state index in [-0.39, 0.29) is 11.8 Å². The van der Waals surface area contributed by atoms with Crippen molar-refractivity contribution in [3.05, 3.63) is 29.3 Å². The number of aryl methyl sites for hydroxylation is 1. The highest BCUT2D eigenvalue weighted by atomic mass is 35.5. The maximum atomic E-state index is 12.2. The minimum absolute atomic E-state index is 0.0946. The third kappa shape index (κ3) is 2.84. The van der Waals surface area contributed by atoms with Crippen molar-refractivity contribution in [1.82, 2.24) is 5.32 Å². The number of carbonyl (C=O) groups excluding carboxylic acids is 1. The van der Waals surface area contributed by atoms with Gasteiger partial charge in [-0.15, -0.1) is 23.4 Å². The predicted molar refractivity (Wildman–Crippen MR) is 73.4 cm³/mol. The van der Waals surface area contributed by atoms with E-state index in [0.29, 0.717) is 5.88 Å². The van der Waals surface area contributed by atoms with E-state index >= 15 is 0 Å². The van der Waals surface area contributed by atoms with Crippen LogP contribution in [0.5, 0.6) is 0 Å². The van der Waals surface area contributed by atoms with Crippen LogP contribution in [0, 0.1) is 0 Å². The van der Waals surface area contributed by atoms with Crippen molar-refractivity contribution in [3.8, 4) is 0 Å². The van der Waals surface area contributed by atoms with Crippen LogP contribution in [0.1, 0.15) is 22.8 Å². The molecule has 2 rings (SSSR count). The molecule has 0 aliphatic carbocycles. The second kappa shape index (κ2) is 5.89. The van der Waals surface area contributed by atoms with Gasteiger partial charge in [-0.25, -0.2) is 0 Å². The Hall–Kier alpha value is -0.510. The molecule has 4 heteroatoms. The lowest BCUT2D eigenvalue weighted by molar-refractivity contribution is 0.0953. The van der Waals surface area contributed by atoms with Gasteiger partial charge in [0, 0.05) is 22.1 Å². The first kappa shape index (κ1) is 12.9. The molecule has 0 saturated heterocycles. The predicted octanol–water partition coefficient (Wildman–Crippen LogP) is 2.73. The third-order valence-electron chi connectivity index (χ3n) is 2.90. The van der Waals surface area contributed by atoms with Crippen molar-refractivity contribution in [1.29, 1.82) is 0 Å². The van der Waals surface area contributed by atoms with E-state index in [1.807, 2.05) is 30.8 Å². The standard InChI is InChI=1S/C13H16ClNOS/c1-2-15-11(8-14)13(16)10-4-3-9-5-6-17-12(9)7-10/h3-4,7,11,15H,2,5-6,8H2,1H3. The number of halogens is 1. The summed E-state index contributed by atoms with van der Waals surface area (Å²) >= 11 is 7.65. The van der Waals surface area contributed by atoms with Gasteiger partial charge in [0.1, 0.15) is 0 Å². The zero-order valence-corrected chi connectivity index (χ0v) is 11.4. The van der Waals surface area contributed by atoms with Crippen LogP contribution < -0.4 is 5.32 Å². The Morgan fingerprint density at radius 3 is 3.12 bits per heavy atom. The van der Waals surface area contributed by atoms with Crippen LogP contribution in [-0.4, -0.2) is 30.0 Å². The molecule has 1 heterocycles. The Morgan fingerprint density at radius 2 is 2.41 bits per heavy atom. The molecule has 1 aromatic carbocycles. The first-order valence-electron chi connectivity index (χ1n) is 5.85. The van der Waals surface area contributed by atoms with Crippen LogP contribution >= 0.6 is 23.4 Å². The fourth-order valence-electron chi connectivity index (χ4n) is 1.98. The zero-order valence-electron chi connectivity index (χ0n) is 9.83. The van der Waals surface area contributed by atoms with Gasteiger partial charge in [-0.1, -0.05) is 19.1 Å². The number of nitrogens with one attached hydrogen (secondary N) is 1. The molecule has 92 valence electrons. The summed E-state index contributed by atoms with van der Waals surface area (Å²) in [6.45, 7) is 2.73. The van der Waals surface area contributed by atoms with Gasteiger partial charge in [-0.3, -0.25) is 4.79 Å². The summed E-state index contributed by atoms with van der Waals surface area (Å²) in [4.78, 5) is 13.5. The lowest BCUT2D eigenvalue weighted by atomic mass is 10.0. The molecule has 1 aliphatic rings.